The van der Waals surface area contributed by atoms with E-state index in [9.17, 15) is 18.8 Å². The molecule has 2 aromatic carbocycles. The topological polar surface area (TPSA) is 109 Å². The van der Waals surface area contributed by atoms with Crippen molar-refractivity contribution in [3.05, 3.63) is 59.9 Å². The maximum atomic E-state index is 13.6. The third-order valence-electron chi connectivity index (χ3n) is 4.47. The number of hydrogen-bond acceptors (Lipinski definition) is 4. The Morgan fingerprint density at radius 1 is 0.967 bits per heavy atom. The van der Waals surface area contributed by atoms with E-state index in [1.165, 1.54) is 24.3 Å². The van der Waals surface area contributed by atoms with Gasteiger partial charge in [-0.3, -0.25) is 9.59 Å². The highest BCUT2D eigenvalue weighted by molar-refractivity contribution is 5.99. The molecule has 1 aliphatic heterocycles. The fraction of sp³-hybridized carbons (Fsp3) is 0.286. The molecule has 0 radical (unpaired) electrons. The van der Waals surface area contributed by atoms with Gasteiger partial charge in [0, 0.05) is 24.5 Å². The maximum Gasteiger partial charge on any atom is 0.319 e. The van der Waals surface area contributed by atoms with Crippen molar-refractivity contribution in [1.82, 2.24) is 10.6 Å². The van der Waals surface area contributed by atoms with E-state index >= 15 is 0 Å². The van der Waals surface area contributed by atoms with Crippen molar-refractivity contribution in [2.45, 2.75) is 18.9 Å². The summed E-state index contributed by atoms with van der Waals surface area (Å²) in [6.45, 7) is 0.880. The second-order valence-corrected chi connectivity index (χ2v) is 6.76. The van der Waals surface area contributed by atoms with Crippen LogP contribution in [0.5, 0.6) is 0 Å². The van der Waals surface area contributed by atoms with E-state index in [1.54, 1.807) is 24.3 Å². The Labute approximate surface area is 173 Å². The molecule has 4 N–H and O–H groups in total. The van der Waals surface area contributed by atoms with Crippen molar-refractivity contribution in [3.63, 3.8) is 0 Å². The molecule has 1 heterocycles. The number of urea groups is 1. The highest BCUT2D eigenvalue weighted by Gasteiger charge is 2.16. The summed E-state index contributed by atoms with van der Waals surface area (Å²) in [6, 6.07) is 11.7. The van der Waals surface area contributed by atoms with Gasteiger partial charge in [0.05, 0.1) is 18.2 Å². The van der Waals surface area contributed by atoms with Crippen LogP contribution in [0.15, 0.2) is 48.5 Å². The van der Waals surface area contributed by atoms with Gasteiger partial charge in [-0.25, -0.2) is 9.18 Å². The van der Waals surface area contributed by atoms with Crippen molar-refractivity contribution in [2.75, 3.05) is 30.3 Å². The van der Waals surface area contributed by atoms with Crippen LogP contribution in [0.25, 0.3) is 0 Å². The van der Waals surface area contributed by atoms with Gasteiger partial charge in [0.1, 0.15) is 5.82 Å². The number of carbonyl (C=O) groups excluding carboxylic acids is 3. The summed E-state index contributed by atoms with van der Waals surface area (Å²) >= 11 is 0. The molecule has 0 aliphatic carbocycles. The van der Waals surface area contributed by atoms with Gasteiger partial charge in [0.15, 0.2) is 0 Å². The average Bonchev–Trinajstić information content (AvgIpc) is 3.26. The van der Waals surface area contributed by atoms with Crippen LogP contribution in [0.3, 0.4) is 0 Å². The highest BCUT2D eigenvalue weighted by atomic mass is 19.1. The van der Waals surface area contributed by atoms with Gasteiger partial charge < -0.3 is 26.0 Å². The van der Waals surface area contributed by atoms with Crippen molar-refractivity contribution in [3.8, 4) is 0 Å². The molecule has 3 rings (SSSR count). The molecule has 1 atom stereocenters. The summed E-state index contributed by atoms with van der Waals surface area (Å²) < 4.78 is 19.0. The standard InChI is InChI=1S/C21H23FN4O4/c22-18-6-2-1-5-17(18)20(28)23-13-19(27)25-14-7-9-15(10-8-14)26-21(29)24-12-16-4-3-11-30-16/h1-2,5-10,16H,3-4,11-13H2,(H,23,28)(H,25,27)(H2,24,26,29). The minimum absolute atomic E-state index is 0.0622. The van der Waals surface area contributed by atoms with E-state index in [0.717, 1.165) is 19.4 Å². The van der Waals surface area contributed by atoms with Crippen LogP contribution < -0.4 is 21.3 Å². The second kappa shape index (κ2) is 10.4. The van der Waals surface area contributed by atoms with Gasteiger partial charge in [-0.1, -0.05) is 12.1 Å². The monoisotopic (exact) mass is 414 g/mol. The molecule has 2 aromatic rings. The fourth-order valence-corrected chi connectivity index (χ4v) is 2.93. The molecule has 1 aliphatic rings. The molecule has 4 amide bonds. The van der Waals surface area contributed by atoms with Gasteiger partial charge in [-0.15, -0.1) is 0 Å². The largest absolute Gasteiger partial charge is 0.376 e. The Kier molecular flexibility index (Phi) is 7.34. The summed E-state index contributed by atoms with van der Waals surface area (Å²) in [7, 11) is 0. The smallest absolute Gasteiger partial charge is 0.319 e. The van der Waals surface area contributed by atoms with Crippen molar-refractivity contribution < 1.29 is 23.5 Å². The number of nitrogens with one attached hydrogen (secondary N) is 4. The SMILES string of the molecule is O=C(CNC(=O)c1ccccc1F)Nc1ccc(NC(=O)NCC2CCCO2)cc1. The Balaban J connectivity index is 1.41. The molecule has 8 nitrogen and oxygen atoms in total. The first-order valence-electron chi connectivity index (χ1n) is 9.60. The lowest BCUT2D eigenvalue weighted by Crippen LogP contribution is -2.35. The molecule has 0 aromatic heterocycles. The number of amides is 4. The first-order valence-corrected chi connectivity index (χ1v) is 9.60. The minimum Gasteiger partial charge on any atom is -0.376 e. The molecular formula is C21H23FN4O4. The second-order valence-electron chi connectivity index (χ2n) is 6.76. The number of benzene rings is 2. The summed E-state index contributed by atoms with van der Waals surface area (Å²) in [5.74, 6) is -1.79. The summed E-state index contributed by atoms with van der Waals surface area (Å²) in [5.41, 5.74) is 0.926. The molecule has 158 valence electrons. The number of hydrogen-bond donors (Lipinski definition) is 4. The molecular weight excluding hydrogens is 391 g/mol. The lowest BCUT2D eigenvalue weighted by molar-refractivity contribution is -0.115. The third kappa shape index (κ3) is 6.28. The number of ether oxygens (including phenoxy) is 1. The van der Waals surface area contributed by atoms with Gasteiger partial charge in [-0.2, -0.15) is 0 Å². The molecule has 0 spiro atoms. The third-order valence-corrected chi connectivity index (χ3v) is 4.47. The zero-order chi connectivity index (χ0) is 21.3. The highest BCUT2D eigenvalue weighted by Crippen LogP contribution is 2.14. The van der Waals surface area contributed by atoms with Crippen LogP contribution in [0, 0.1) is 5.82 Å². The van der Waals surface area contributed by atoms with E-state index in [2.05, 4.69) is 21.3 Å². The predicted molar refractivity (Wildman–Crippen MR) is 110 cm³/mol. The van der Waals surface area contributed by atoms with E-state index in [4.69, 9.17) is 4.74 Å². The Bertz CT molecular complexity index is 898. The van der Waals surface area contributed by atoms with Crippen LogP contribution >= 0.6 is 0 Å². The van der Waals surface area contributed by atoms with Crippen LogP contribution in [-0.4, -0.2) is 43.6 Å². The Morgan fingerprint density at radius 3 is 2.33 bits per heavy atom. The lowest BCUT2D eigenvalue weighted by atomic mass is 10.2. The summed E-state index contributed by atoms with van der Waals surface area (Å²) in [6.07, 6.45) is 2.01. The lowest BCUT2D eigenvalue weighted by Gasteiger charge is -2.12. The number of rotatable bonds is 7. The van der Waals surface area contributed by atoms with E-state index in [1.807, 2.05) is 0 Å². The number of halogens is 1. The fourth-order valence-electron chi connectivity index (χ4n) is 2.93. The molecule has 0 bridgehead atoms. The summed E-state index contributed by atoms with van der Waals surface area (Å²) in [5, 5.41) is 10.4. The van der Waals surface area contributed by atoms with E-state index in [0.29, 0.717) is 17.9 Å². The normalized spacial score (nSPS) is 15.3. The van der Waals surface area contributed by atoms with Crippen LogP contribution in [0.2, 0.25) is 0 Å². The molecule has 9 heteroatoms. The van der Waals surface area contributed by atoms with Crippen LogP contribution in [-0.2, 0) is 9.53 Å². The number of carbonyl (C=O) groups is 3. The van der Waals surface area contributed by atoms with E-state index in [-0.39, 0.29) is 24.2 Å². The van der Waals surface area contributed by atoms with Gasteiger partial charge in [0.25, 0.3) is 5.91 Å². The van der Waals surface area contributed by atoms with Crippen LogP contribution in [0.1, 0.15) is 23.2 Å². The minimum atomic E-state index is -0.670. The van der Waals surface area contributed by atoms with E-state index < -0.39 is 17.6 Å². The molecule has 1 saturated heterocycles. The maximum absolute atomic E-state index is 13.6. The van der Waals surface area contributed by atoms with Crippen molar-refractivity contribution in [2.24, 2.45) is 0 Å². The van der Waals surface area contributed by atoms with Gasteiger partial charge in [0.2, 0.25) is 5.91 Å². The molecule has 0 saturated carbocycles. The zero-order valence-corrected chi connectivity index (χ0v) is 16.2. The van der Waals surface area contributed by atoms with Crippen LogP contribution in [0.4, 0.5) is 20.6 Å². The Morgan fingerprint density at radius 2 is 1.67 bits per heavy atom. The first kappa shape index (κ1) is 21.3. The molecule has 30 heavy (non-hydrogen) atoms. The Hall–Kier alpha value is -3.46. The zero-order valence-electron chi connectivity index (χ0n) is 16.2. The summed E-state index contributed by atoms with van der Waals surface area (Å²) in [4.78, 5) is 35.8. The van der Waals surface area contributed by atoms with Crippen molar-refractivity contribution in [1.29, 1.82) is 0 Å². The first-order chi connectivity index (χ1) is 14.5. The number of anilines is 2. The quantitative estimate of drug-likeness (QED) is 0.558. The van der Waals surface area contributed by atoms with Gasteiger partial charge in [-0.05, 0) is 49.2 Å². The molecule has 1 unspecified atom stereocenters. The molecule has 1 fully saturated rings. The van der Waals surface area contributed by atoms with Gasteiger partial charge >= 0.3 is 6.03 Å². The van der Waals surface area contributed by atoms with Crippen molar-refractivity contribution >= 4 is 29.2 Å². The predicted octanol–water partition coefficient (Wildman–Crippen LogP) is 2.49. The average molecular weight is 414 g/mol.